The van der Waals surface area contributed by atoms with E-state index in [1.165, 1.54) is 0 Å². The summed E-state index contributed by atoms with van der Waals surface area (Å²) < 4.78 is 11.4. The molecule has 2 aromatic rings. The van der Waals surface area contributed by atoms with Crippen LogP contribution in [0.2, 0.25) is 0 Å². The van der Waals surface area contributed by atoms with Crippen LogP contribution in [-0.2, 0) is 4.79 Å². The second-order valence-corrected chi connectivity index (χ2v) is 6.59. The lowest BCUT2D eigenvalue weighted by Gasteiger charge is -2.19. The van der Waals surface area contributed by atoms with Gasteiger partial charge in [-0.3, -0.25) is 10.2 Å². The number of likely N-dealkylation sites (N-methyl/N-ethyl adjacent to an activating group) is 1. The molecular formula is C22H28N4O3S. The lowest BCUT2D eigenvalue weighted by Crippen LogP contribution is -2.34. The van der Waals surface area contributed by atoms with Gasteiger partial charge in [0.2, 0.25) is 0 Å². The number of anilines is 1. The van der Waals surface area contributed by atoms with Gasteiger partial charge in [-0.05, 0) is 68.9 Å². The van der Waals surface area contributed by atoms with Gasteiger partial charge in [0, 0.05) is 18.8 Å². The number of thiocarbonyl (C=S) groups is 1. The number of para-hydroxylation sites is 1. The molecule has 0 aromatic heterocycles. The zero-order chi connectivity index (χ0) is 21.8. The first-order valence-corrected chi connectivity index (χ1v) is 10.3. The van der Waals surface area contributed by atoms with Crippen molar-refractivity contribution < 1.29 is 14.3 Å². The van der Waals surface area contributed by atoms with Gasteiger partial charge in [-0.2, -0.15) is 5.10 Å². The molecule has 0 atom stereocenters. The summed E-state index contributed by atoms with van der Waals surface area (Å²) in [5.41, 5.74) is 4.46. The Labute approximate surface area is 183 Å². The van der Waals surface area contributed by atoms with Crippen LogP contribution < -0.4 is 20.2 Å². The molecule has 2 N–H and O–H groups in total. The molecule has 0 aliphatic carbocycles. The number of hydrogen-bond donors (Lipinski definition) is 2. The first-order valence-electron chi connectivity index (χ1n) is 9.89. The summed E-state index contributed by atoms with van der Waals surface area (Å²) in [6.45, 7) is 7.52. The molecule has 0 spiro atoms. The Bertz CT molecular complexity index is 855. The fourth-order valence-corrected chi connectivity index (χ4v) is 2.82. The largest absolute Gasteiger partial charge is 0.490 e. The number of carbonyl (C=O) groups is 1. The van der Waals surface area contributed by atoms with E-state index in [4.69, 9.17) is 21.7 Å². The Morgan fingerprint density at radius 3 is 2.47 bits per heavy atom. The Morgan fingerprint density at radius 2 is 1.80 bits per heavy atom. The van der Waals surface area contributed by atoms with Crippen molar-refractivity contribution in [2.45, 2.75) is 20.8 Å². The van der Waals surface area contributed by atoms with Crippen molar-refractivity contribution in [3.05, 3.63) is 54.1 Å². The molecule has 8 heteroatoms. The molecule has 30 heavy (non-hydrogen) atoms. The maximum absolute atomic E-state index is 12.2. The smallest absolute Gasteiger partial charge is 0.260 e. The standard InChI is InChI=1S/C22H28N4O3S/c1-4-26(5-2)21(27)16-29-19-13-12-17(14-20(19)28-6-3)15-23-25-22(30)24-18-10-8-7-9-11-18/h7-15H,4-6,16H2,1-3H3,(H2,24,25,30)/b23-15+. The van der Waals surface area contributed by atoms with Gasteiger partial charge in [-0.25, -0.2) is 0 Å². The molecule has 0 saturated heterocycles. The van der Waals surface area contributed by atoms with E-state index >= 15 is 0 Å². The SMILES string of the molecule is CCOc1cc(/C=N/NC(=S)Nc2ccccc2)ccc1OCC(=O)N(CC)CC. The second-order valence-electron chi connectivity index (χ2n) is 6.18. The highest BCUT2D eigenvalue weighted by molar-refractivity contribution is 7.80. The van der Waals surface area contributed by atoms with Crippen LogP contribution in [0.5, 0.6) is 11.5 Å². The van der Waals surface area contributed by atoms with Crippen molar-refractivity contribution in [1.82, 2.24) is 10.3 Å². The van der Waals surface area contributed by atoms with Crippen molar-refractivity contribution in [1.29, 1.82) is 0 Å². The maximum Gasteiger partial charge on any atom is 0.260 e. The second kappa shape index (κ2) is 12.4. The fourth-order valence-electron chi connectivity index (χ4n) is 2.65. The third-order valence-electron chi connectivity index (χ3n) is 4.15. The van der Waals surface area contributed by atoms with Crippen molar-refractivity contribution in [2.24, 2.45) is 5.10 Å². The minimum Gasteiger partial charge on any atom is -0.490 e. The van der Waals surface area contributed by atoms with Gasteiger partial charge in [-0.1, -0.05) is 18.2 Å². The predicted octanol–water partition coefficient (Wildman–Crippen LogP) is 3.65. The summed E-state index contributed by atoms with van der Waals surface area (Å²) in [5, 5.41) is 7.58. The quantitative estimate of drug-likeness (QED) is 0.342. The number of benzene rings is 2. The van der Waals surface area contributed by atoms with Crippen molar-refractivity contribution in [3.63, 3.8) is 0 Å². The van der Waals surface area contributed by atoms with Crippen LogP contribution in [0, 0.1) is 0 Å². The zero-order valence-corrected chi connectivity index (χ0v) is 18.4. The number of carbonyl (C=O) groups excluding carboxylic acids is 1. The lowest BCUT2D eigenvalue weighted by atomic mass is 10.2. The predicted molar refractivity (Wildman–Crippen MR) is 124 cm³/mol. The Hall–Kier alpha value is -3.13. The van der Waals surface area contributed by atoms with Crippen LogP contribution >= 0.6 is 12.2 Å². The Balaban J connectivity index is 1.97. The monoisotopic (exact) mass is 428 g/mol. The molecule has 2 aromatic carbocycles. The summed E-state index contributed by atoms with van der Waals surface area (Å²) in [6, 6.07) is 15.0. The van der Waals surface area contributed by atoms with E-state index in [2.05, 4.69) is 15.8 Å². The highest BCUT2D eigenvalue weighted by atomic mass is 32.1. The molecule has 0 bridgehead atoms. The third-order valence-corrected chi connectivity index (χ3v) is 4.34. The number of hydrazone groups is 1. The van der Waals surface area contributed by atoms with Crippen LogP contribution in [0.4, 0.5) is 5.69 Å². The van der Waals surface area contributed by atoms with Gasteiger partial charge in [-0.15, -0.1) is 0 Å². The van der Waals surface area contributed by atoms with Crippen molar-refractivity contribution >= 4 is 35.1 Å². The van der Waals surface area contributed by atoms with Gasteiger partial charge in [0.1, 0.15) is 0 Å². The Kier molecular flexibility index (Phi) is 9.60. The van der Waals surface area contributed by atoms with Crippen LogP contribution in [0.15, 0.2) is 53.6 Å². The fraction of sp³-hybridized carbons (Fsp3) is 0.318. The molecule has 1 amide bonds. The maximum atomic E-state index is 12.2. The summed E-state index contributed by atoms with van der Waals surface area (Å²) in [5.74, 6) is 1.01. The molecule has 0 radical (unpaired) electrons. The number of nitrogens with one attached hydrogen (secondary N) is 2. The van der Waals surface area contributed by atoms with E-state index in [9.17, 15) is 4.79 Å². The molecular weight excluding hydrogens is 400 g/mol. The summed E-state index contributed by atoms with van der Waals surface area (Å²) in [7, 11) is 0. The molecule has 0 unspecified atom stereocenters. The minimum atomic E-state index is -0.0586. The van der Waals surface area contributed by atoms with Gasteiger partial charge >= 0.3 is 0 Å². The molecule has 0 heterocycles. The Morgan fingerprint density at radius 1 is 1.07 bits per heavy atom. The van der Waals surface area contributed by atoms with E-state index in [1.807, 2.05) is 57.2 Å². The number of rotatable bonds is 10. The molecule has 0 saturated carbocycles. The molecule has 0 fully saturated rings. The summed E-state index contributed by atoms with van der Waals surface area (Å²) in [6.07, 6.45) is 1.63. The van der Waals surface area contributed by atoms with Gasteiger partial charge in [0.05, 0.1) is 12.8 Å². The average Bonchev–Trinajstić information content (AvgIpc) is 2.75. The van der Waals surface area contributed by atoms with Crippen LogP contribution in [-0.4, -0.2) is 48.4 Å². The molecule has 7 nitrogen and oxygen atoms in total. The average molecular weight is 429 g/mol. The molecule has 160 valence electrons. The lowest BCUT2D eigenvalue weighted by molar-refractivity contribution is -0.132. The van der Waals surface area contributed by atoms with E-state index in [0.717, 1.165) is 11.3 Å². The van der Waals surface area contributed by atoms with E-state index in [0.29, 0.717) is 36.3 Å². The summed E-state index contributed by atoms with van der Waals surface area (Å²) in [4.78, 5) is 13.9. The normalized spacial score (nSPS) is 10.5. The highest BCUT2D eigenvalue weighted by Gasteiger charge is 2.12. The van der Waals surface area contributed by atoms with Crippen molar-refractivity contribution in [3.8, 4) is 11.5 Å². The van der Waals surface area contributed by atoms with Crippen LogP contribution in [0.25, 0.3) is 0 Å². The van der Waals surface area contributed by atoms with Crippen LogP contribution in [0.3, 0.4) is 0 Å². The number of ether oxygens (including phenoxy) is 2. The zero-order valence-electron chi connectivity index (χ0n) is 17.6. The number of hydrogen-bond acceptors (Lipinski definition) is 5. The molecule has 2 rings (SSSR count). The molecule has 0 aliphatic heterocycles. The van der Waals surface area contributed by atoms with E-state index in [-0.39, 0.29) is 12.5 Å². The van der Waals surface area contributed by atoms with Gasteiger partial charge < -0.3 is 19.7 Å². The first kappa shape index (κ1) is 23.2. The number of amides is 1. The molecule has 0 aliphatic rings. The van der Waals surface area contributed by atoms with Crippen LogP contribution in [0.1, 0.15) is 26.3 Å². The topological polar surface area (TPSA) is 75.2 Å². The first-order chi connectivity index (χ1) is 14.6. The summed E-state index contributed by atoms with van der Waals surface area (Å²) >= 11 is 5.22. The third kappa shape index (κ3) is 7.36. The van der Waals surface area contributed by atoms with E-state index in [1.54, 1.807) is 23.2 Å². The van der Waals surface area contributed by atoms with E-state index < -0.39 is 0 Å². The minimum absolute atomic E-state index is 0.0316. The number of nitrogens with zero attached hydrogens (tertiary/aromatic N) is 2. The van der Waals surface area contributed by atoms with Gasteiger partial charge in [0.15, 0.2) is 23.2 Å². The van der Waals surface area contributed by atoms with Crippen molar-refractivity contribution in [2.75, 3.05) is 31.6 Å². The van der Waals surface area contributed by atoms with Gasteiger partial charge in [0.25, 0.3) is 5.91 Å². The highest BCUT2D eigenvalue weighted by Crippen LogP contribution is 2.28.